The fourth-order valence-corrected chi connectivity index (χ4v) is 1.08. The zero-order chi connectivity index (χ0) is 9.68. The van der Waals surface area contributed by atoms with E-state index in [-0.39, 0.29) is 12.4 Å². The molecule has 0 unspecified atom stereocenters. The van der Waals surface area contributed by atoms with E-state index in [1.54, 1.807) is 12.1 Å². The van der Waals surface area contributed by atoms with Gasteiger partial charge in [-0.05, 0) is 17.7 Å². The lowest BCUT2D eigenvalue weighted by atomic mass is 10.1. The molecule has 0 fully saturated rings. The van der Waals surface area contributed by atoms with Crippen molar-refractivity contribution in [1.82, 2.24) is 0 Å². The quantitative estimate of drug-likeness (QED) is 0.702. The van der Waals surface area contributed by atoms with Gasteiger partial charge < -0.3 is 10.5 Å². The van der Waals surface area contributed by atoms with Crippen molar-refractivity contribution in [2.75, 3.05) is 19.5 Å². The van der Waals surface area contributed by atoms with Gasteiger partial charge in [-0.2, -0.15) is 0 Å². The molecule has 0 aromatic heterocycles. The van der Waals surface area contributed by atoms with Gasteiger partial charge in [-0.1, -0.05) is 12.1 Å². The molecule has 0 aliphatic rings. The van der Waals surface area contributed by atoms with Crippen LogP contribution in [0.2, 0.25) is 0 Å². The molecule has 70 valence electrons. The number of carbonyl (C=O) groups is 1. The zero-order valence-corrected chi connectivity index (χ0v) is 7.62. The van der Waals surface area contributed by atoms with Crippen LogP contribution in [-0.2, 0) is 16.0 Å². The summed E-state index contributed by atoms with van der Waals surface area (Å²) >= 11 is 0. The van der Waals surface area contributed by atoms with Gasteiger partial charge in [0.2, 0.25) is 0 Å². The van der Waals surface area contributed by atoms with Crippen LogP contribution in [0.1, 0.15) is 5.56 Å². The minimum atomic E-state index is 0.0762. The summed E-state index contributed by atoms with van der Waals surface area (Å²) in [6.45, 7) is 0.171. The molecule has 0 saturated carbocycles. The largest absolute Gasteiger partial charge is 0.399 e. The first-order chi connectivity index (χ1) is 6.22. The highest BCUT2D eigenvalue weighted by molar-refractivity contribution is 5.82. The van der Waals surface area contributed by atoms with Gasteiger partial charge in [-0.15, -0.1) is 0 Å². The van der Waals surface area contributed by atoms with Crippen LogP contribution in [0.25, 0.3) is 0 Å². The molecule has 0 radical (unpaired) electrons. The molecule has 0 spiro atoms. The molecule has 3 heteroatoms. The summed E-state index contributed by atoms with van der Waals surface area (Å²) in [5.74, 6) is 0.0762. The second kappa shape index (κ2) is 4.62. The topological polar surface area (TPSA) is 52.3 Å². The second-order valence-electron chi connectivity index (χ2n) is 2.89. The molecule has 0 amide bonds. The van der Waals surface area contributed by atoms with Gasteiger partial charge in [0.25, 0.3) is 0 Å². The van der Waals surface area contributed by atoms with Crippen molar-refractivity contribution in [3.63, 3.8) is 0 Å². The standard InChI is InChI=1S/C10H13NO2/c1-13-7-10(12)6-8-2-4-9(11)5-3-8/h2-5H,6-7,11H2,1H3. The fourth-order valence-electron chi connectivity index (χ4n) is 1.08. The molecular formula is C10H13NO2. The number of nitrogen functional groups attached to an aromatic ring is 1. The normalized spacial score (nSPS) is 9.92. The molecule has 0 heterocycles. The number of Topliss-reactive ketones (excluding diaryl/α,β-unsaturated/α-hetero) is 1. The molecule has 0 saturated heterocycles. The van der Waals surface area contributed by atoms with Crippen LogP contribution in [0.4, 0.5) is 5.69 Å². The Morgan fingerprint density at radius 1 is 1.38 bits per heavy atom. The van der Waals surface area contributed by atoms with E-state index in [1.807, 2.05) is 12.1 Å². The maximum atomic E-state index is 11.1. The molecule has 0 bridgehead atoms. The Kier molecular flexibility index (Phi) is 3.46. The van der Waals surface area contributed by atoms with Crippen molar-refractivity contribution in [2.24, 2.45) is 0 Å². The molecular weight excluding hydrogens is 166 g/mol. The van der Waals surface area contributed by atoms with Gasteiger partial charge in [0.15, 0.2) is 5.78 Å². The number of hydrogen-bond donors (Lipinski definition) is 1. The first-order valence-electron chi connectivity index (χ1n) is 4.07. The molecule has 0 atom stereocenters. The minimum absolute atomic E-state index is 0.0762. The third-order valence-electron chi connectivity index (χ3n) is 1.69. The summed E-state index contributed by atoms with van der Waals surface area (Å²) in [5, 5.41) is 0. The molecule has 1 aromatic carbocycles. The van der Waals surface area contributed by atoms with Crippen LogP contribution in [0, 0.1) is 0 Å². The van der Waals surface area contributed by atoms with Crippen molar-refractivity contribution < 1.29 is 9.53 Å². The van der Waals surface area contributed by atoms with Crippen molar-refractivity contribution in [2.45, 2.75) is 6.42 Å². The van der Waals surface area contributed by atoms with E-state index >= 15 is 0 Å². The van der Waals surface area contributed by atoms with E-state index in [2.05, 4.69) is 0 Å². The van der Waals surface area contributed by atoms with Crippen LogP contribution in [-0.4, -0.2) is 19.5 Å². The van der Waals surface area contributed by atoms with E-state index in [0.717, 1.165) is 5.56 Å². The first kappa shape index (κ1) is 9.74. The lowest BCUT2D eigenvalue weighted by Crippen LogP contribution is -2.09. The highest BCUT2D eigenvalue weighted by atomic mass is 16.5. The molecule has 1 aromatic rings. The fraction of sp³-hybridized carbons (Fsp3) is 0.300. The van der Waals surface area contributed by atoms with Crippen molar-refractivity contribution in [3.8, 4) is 0 Å². The summed E-state index contributed by atoms with van der Waals surface area (Å²) in [6.07, 6.45) is 0.411. The van der Waals surface area contributed by atoms with Gasteiger partial charge in [0.1, 0.15) is 6.61 Å². The Hall–Kier alpha value is -1.35. The third-order valence-corrected chi connectivity index (χ3v) is 1.69. The Morgan fingerprint density at radius 2 is 2.00 bits per heavy atom. The van der Waals surface area contributed by atoms with Crippen LogP contribution in [0.3, 0.4) is 0 Å². The lowest BCUT2D eigenvalue weighted by Gasteiger charge is -2.00. The number of rotatable bonds is 4. The smallest absolute Gasteiger partial charge is 0.162 e. The highest BCUT2D eigenvalue weighted by Crippen LogP contribution is 2.06. The molecule has 0 aliphatic carbocycles. The van der Waals surface area contributed by atoms with Gasteiger partial charge in [0.05, 0.1) is 0 Å². The predicted molar refractivity (Wildman–Crippen MR) is 51.4 cm³/mol. The van der Waals surface area contributed by atoms with Crippen molar-refractivity contribution in [3.05, 3.63) is 29.8 Å². The summed E-state index contributed by atoms with van der Waals surface area (Å²) in [7, 11) is 1.51. The number of methoxy groups -OCH3 is 1. The van der Waals surface area contributed by atoms with E-state index in [4.69, 9.17) is 10.5 Å². The van der Waals surface area contributed by atoms with Crippen LogP contribution in [0.5, 0.6) is 0 Å². The maximum Gasteiger partial charge on any atom is 0.162 e. The molecule has 13 heavy (non-hydrogen) atoms. The zero-order valence-electron chi connectivity index (χ0n) is 7.62. The Bertz CT molecular complexity index is 279. The molecule has 1 rings (SSSR count). The average Bonchev–Trinajstić information content (AvgIpc) is 2.09. The summed E-state index contributed by atoms with van der Waals surface area (Å²) in [6, 6.07) is 7.27. The van der Waals surface area contributed by atoms with Gasteiger partial charge in [-0.3, -0.25) is 4.79 Å². The van der Waals surface area contributed by atoms with E-state index in [9.17, 15) is 4.79 Å². The summed E-state index contributed by atoms with van der Waals surface area (Å²) in [5.41, 5.74) is 7.19. The SMILES string of the molecule is COCC(=O)Cc1ccc(N)cc1. The van der Waals surface area contributed by atoms with Crippen LogP contribution >= 0.6 is 0 Å². The maximum absolute atomic E-state index is 11.1. The second-order valence-corrected chi connectivity index (χ2v) is 2.89. The van der Waals surface area contributed by atoms with E-state index in [0.29, 0.717) is 12.1 Å². The van der Waals surface area contributed by atoms with Crippen LogP contribution < -0.4 is 5.73 Å². The molecule has 3 nitrogen and oxygen atoms in total. The van der Waals surface area contributed by atoms with E-state index < -0.39 is 0 Å². The third kappa shape index (κ3) is 3.25. The number of anilines is 1. The van der Waals surface area contributed by atoms with Crippen LogP contribution in [0.15, 0.2) is 24.3 Å². The summed E-state index contributed by atoms with van der Waals surface area (Å²) < 4.78 is 4.73. The number of benzene rings is 1. The number of ether oxygens (including phenoxy) is 1. The number of nitrogens with two attached hydrogens (primary N) is 1. The Balaban J connectivity index is 2.54. The monoisotopic (exact) mass is 179 g/mol. The number of carbonyl (C=O) groups excluding carboxylic acids is 1. The van der Waals surface area contributed by atoms with Crippen molar-refractivity contribution >= 4 is 11.5 Å². The molecule has 2 N–H and O–H groups in total. The lowest BCUT2D eigenvalue weighted by molar-refractivity contribution is -0.121. The highest BCUT2D eigenvalue weighted by Gasteiger charge is 2.01. The Morgan fingerprint density at radius 3 is 2.54 bits per heavy atom. The van der Waals surface area contributed by atoms with Gasteiger partial charge >= 0.3 is 0 Å². The molecule has 0 aliphatic heterocycles. The van der Waals surface area contributed by atoms with E-state index in [1.165, 1.54) is 7.11 Å². The Labute approximate surface area is 77.5 Å². The number of ketones is 1. The summed E-state index contributed by atoms with van der Waals surface area (Å²) in [4.78, 5) is 11.1. The van der Waals surface area contributed by atoms with Gasteiger partial charge in [0, 0.05) is 19.2 Å². The first-order valence-corrected chi connectivity index (χ1v) is 4.07. The average molecular weight is 179 g/mol. The number of hydrogen-bond acceptors (Lipinski definition) is 3. The van der Waals surface area contributed by atoms with Crippen molar-refractivity contribution in [1.29, 1.82) is 0 Å². The predicted octanol–water partition coefficient (Wildman–Crippen LogP) is 1.03. The minimum Gasteiger partial charge on any atom is -0.399 e. The van der Waals surface area contributed by atoms with Gasteiger partial charge in [-0.25, -0.2) is 0 Å².